The van der Waals surface area contributed by atoms with Crippen LogP contribution in [0.1, 0.15) is 33.1 Å². The minimum atomic E-state index is 0.586. The Morgan fingerprint density at radius 2 is 2.08 bits per heavy atom. The first-order chi connectivity index (χ1) is 5.63. The highest BCUT2D eigenvalue weighted by Crippen LogP contribution is 1.99. The van der Waals surface area contributed by atoms with Gasteiger partial charge in [-0.05, 0) is 25.2 Å². The SMILES string of the molecule is CC(C)CCOCCCC(N)=S. The molecule has 0 aromatic carbocycles. The van der Waals surface area contributed by atoms with Gasteiger partial charge in [0.25, 0.3) is 0 Å². The smallest absolute Gasteiger partial charge is 0.0728 e. The van der Waals surface area contributed by atoms with Crippen molar-refractivity contribution in [1.29, 1.82) is 0 Å². The molecule has 0 atom stereocenters. The lowest BCUT2D eigenvalue weighted by atomic mass is 10.1. The molecule has 0 fully saturated rings. The second-order valence-corrected chi connectivity index (χ2v) is 3.89. The summed E-state index contributed by atoms with van der Waals surface area (Å²) in [6.45, 7) is 6.02. The molecule has 2 N–H and O–H groups in total. The van der Waals surface area contributed by atoms with Crippen molar-refractivity contribution in [1.82, 2.24) is 0 Å². The summed E-state index contributed by atoms with van der Waals surface area (Å²) < 4.78 is 5.38. The van der Waals surface area contributed by atoms with E-state index in [1.54, 1.807) is 0 Å². The molecule has 2 nitrogen and oxygen atoms in total. The van der Waals surface area contributed by atoms with Crippen LogP contribution < -0.4 is 5.73 Å². The van der Waals surface area contributed by atoms with Crippen LogP contribution in [-0.4, -0.2) is 18.2 Å². The predicted molar refractivity (Wildman–Crippen MR) is 56.3 cm³/mol. The Labute approximate surface area is 80.5 Å². The number of nitrogens with two attached hydrogens (primary N) is 1. The second kappa shape index (κ2) is 7.50. The Balaban J connectivity index is 2.96. The third-order valence-electron chi connectivity index (χ3n) is 1.55. The molecule has 0 aliphatic carbocycles. The summed E-state index contributed by atoms with van der Waals surface area (Å²) in [5.41, 5.74) is 5.33. The summed E-state index contributed by atoms with van der Waals surface area (Å²) in [6.07, 6.45) is 2.89. The van der Waals surface area contributed by atoms with Gasteiger partial charge >= 0.3 is 0 Å². The normalized spacial score (nSPS) is 10.6. The standard InChI is InChI=1S/C9H19NOS/c1-8(2)5-7-11-6-3-4-9(10)12/h8H,3-7H2,1-2H3,(H2,10,12). The number of ether oxygens (including phenoxy) is 1. The van der Waals surface area contributed by atoms with Crippen LogP contribution >= 0.6 is 12.2 Å². The molecule has 0 saturated carbocycles. The van der Waals surface area contributed by atoms with E-state index in [9.17, 15) is 0 Å². The molecule has 0 aliphatic rings. The molecule has 0 rings (SSSR count). The van der Waals surface area contributed by atoms with Gasteiger partial charge in [-0.15, -0.1) is 0 Å². The Hall–Kier alpha value is -0.150. The Kier molecular flexibility index (Phi) is 7.40. The number of thiocarbonyl (C=S) groups is 1. The van der Waals surface area contributed by atoms with E-state index in [4.69, 9.17) is 22.7 Å². The lowest BCUT2D eigenvalue weighted by Crippen LogP contribution is -2.09. The van der Waals surface area contributed by atoms with Gasteiger partial charge in [-0.2, -0.15) is 0 Å². The lowest BCUT2D eigenvalue weighted by Gasteiger charge is -2.05. The molecule has 3 heteroatoms. The van der Waals surface area contributed by atoms with Crippen molar-refractivity contribution in [3.63, 3.8) is 0 Å². The fourth-order valence-corrected chi connectivity index (χ4v) is 0.914. The van der Waals surface area contributed by atoms with Crippen molar-refractivity contribution in [2.75, 3.05) is 13.2 Å². The maximum absolute atomic E-state index is 5.38. The number of rotatable bonds is 7. The summed E-state index contributed by atoms with van der Waals surface area (Å²) in [4.78, 5) is 0.586. The van der Waals surface area contributed by atoms with Crippen LogP contribution in [0.5, 0.6) is 0 Å². The third-order valence-corrected chi connectivity index (χ3v) is 1.76. The van der Waals surface area contributed by atoms with Crippen molar-refractivity contribution in [3.8, 4) is 0 Å². The molecule has 0 aromatic heterocycles. The summed E-state index contributed by atoms with van der Waals surface area (Å²) in [7, 11) is 0. The van der Waals surface area contributed by atoms with E-state index in [0.717, 1.165) is 38.4 Å². The molecule has 0 aliphatic heterocycles. The molecule has 0 saturated heterocycles. The average Bonchev–Trinajstić information content (AvgIpc) is 1.95. The Bertz CT molecular complexity index is 126. The fraction of sp³-hybridized carbons (Fsp3) is 0.889. The van der Waals surface area contributed by atoms with E-state index in [-0.39, 0.29) is 0 Å². The molecular formula is C9H19NOS. The predicted octanol–water partition coefficient (Wildman–Crippen LogP) is 2.12. The third kappa shape index (κ3) is 9.85. The van der Waals surface area contributed by atoms with E-state index in [0.29, 0.717) is 4.99 Å². The van der Waals surface area contributed by atoms with Crippen LogP contribution in [0.25, 0.3) is 0 Å². The molecular weight excluding hydrogens is 170 g/mol. The molecule has 0 heterocycles. The maximum atomic E-state index is 5.38. The van der Waals surface area contributed by atoms with Gasteiger partial charge in [0, 0.05) is 13.2 Å². The Morgan fingerprint density at radius 1 is 1.42 bits per heavy atom. The van der Waals surface area contributed by atoms with Gasteiger partial charge in [0.15, 0.2) is 0 Å². The highest BCUT2D eigenvalue weighted by Gasteiger charge is 1.94. The van der Waals surface area contributed by atoms with Crippen molar-refractivity contribution < 1.29 is 4.74 Å². The monoisotopic (exact) mass is 189 g/mol. The van der Waals surface area contributed by atoms with Crippen LogP contribution in [0.4, 0.5) is 0 Å². The molecule has 0 amide bonds. The van der Waals surface area contributed by atoms with Gasteiger partial charge in [-0.1, -0.05) is 26.1 Å². The quantitative estimate of drug-likeness (QED) is 0.492. The van der Waals surface area contributed by atoms with Crippen LogP contribution in [-0.2, 0) is 4.74 Å². The van der Waals surface area contributed by atoms with Crippen LogP contribution in [0.15, 0.2) is 0 Å². The molecule has 0 aromatic rings. The van der Waals surface area contributed by atoms with E-state index in [1.165, 1.54) is 0 Å². The Morgan fingerprint density at radius 3 is 2.58 bits per heavy atom. The largest absolute Gasteiger partial charge is 0.393 e. The first kappa shape index (κ1) is 11.8. The summed E-state index contributed by atoms with van der Waals surface area (Å²) in [6, 6.07) is 0. The summed E-state index contributed by atoms with van der Waals surface area (Å²) in [5.74, 6) is 0.723. The summed E-state index contributed by atoms with van der Waals surface area (Å²) >= 11 is 4.74. The van der Waals surface area contributed by atoms with Crippen LogP contribution in [0, 0.1) is 5.92 Å². The highest BCUT2D eigenvalue weighted by atomic mass is 32.1. The zero-order valence-electron chi connectivity index (χ0n) is 8.01. The first-order valence-corrected chi connectivity index (χ1v) is 4.89. The maximum Gasteiger partial charge on any atom is 0.0728 e. The van der Waals surface area contributed by atoms with E-state index < -0.39 is 0 Å². The van der Waals surface area contributed by atoms with E-state index in [1.807, 2.05) is 0 Å². The van der Waals surface area contributed by atoms with Crippen molar-refractivity contribution >= 4 is 17.2 Å². The van der Waals surface area contributed by atoms with Gasteiger partial charge < -0.3 is 10.5 Å². The van der Waals surface area contributed by atoms with Gasteiger partial charge in [-0.3, -0.25) is 0 Å². The molecule has 72 valence electrons. The fourth-order valence-electron chi connectivity index (χ4n) is 0.770. The van der Waals surface area contributed by atoms with Gasteiger partial charge in [0.05, 0.1) is 4.99 Å². The minimum absolute atomic E-state index is 0.586. The second-order valence-electron chi connectivity index (χ2n) is 3.36. The molecule has 0 spiro atoms. The molecule has 0 bridgehead atoms. The highest BCUT2D eigenvalue weighted by molar-refractivity contribution is 7.80. The van der Waals surface area contributed by atoms with Gasteiger partial charge in [0.1, 0.15) is 0 Å². The minimum Gasteiger partial charge on any atom is -0.393 e. The molecule has 12 heavy (non-hydrogen) atoms. The molecule has 0 radical (unpaired) electrons. The van der Waals surface area contributed by atoms with Crippen molar-refractivity contribution in [2.45, 2.75) is 33.1 Å². The topological polar surface area (TPSA) is 35.2 Å². The zero-order chi connectivity index (χ0) is 9.40. The first-order valence-electron chi connectivity index (χ1n) is 4.49. The number of hydrogen-bond acceptors (Lipinski definition) is 2. The van der Waals surface area contributed by atoms with Crippen molar-refractivity contribution in [3.05, 3.63) is 0 Å². The van der Waals surface area contributed by atoms with Crippen LogP contribution in [0.2, 0.25) is 0 Å². The van der Waals surface area contributed by atoms with Gasteiger partial charge in [-0.25, -0.2) is 0 Å². The lowest BCUT2D eigenvalue weighted by molar-refractivity contribution is 0.122. The van der Waals surface area contributed by atoms with Crippen LogP contribution in [0.3, 0.4) is 0 Å². The van der Waals surface area contributed by atoms with E-state index >= 15 is 0 Å². The van der Waals surface area contributed by atoms with E-state index in [2.05, 4.69) is 13.8 Å². The zero-order valence-corrected chi connectivity index (χ0v) is 8.82. The van der Waals surface area contributed by atoms with Gasteiger partial charge in [0.2, 0.25) is 0 Å². The summed E-state index contributed by atoms with van der Waals surface area (Å²) in [5, 5.41) is 0. The van der Waals surface area contributed by atoms with Crippen molar-refractivity contribution in [2.24, 2.45) is 11.7 Å². The number of hydrogen-bond donors (Lipinski definition) is 1. The molecule has 0 unspecified atom stereocenters. The average molecular weight is 189 g/mol.